The van der Waals surface area contributed by atoms with Crippen molar-refractivity contribution in [2.45, 2.75) is 18.7 Å². The van der Waals surface area contributed by atoms with Gasteiger partial charge in [-0.15, -0.1) is 0 Å². The van der Waals surface area contributed by atoms with Crippen molar-refractivity contribution in [3.63, 3.8) is 0 Å². The molecule has 5 aromatic rings. The van der Waals surface area contributed by atoms with E-state index in [9.17, 15) is 22.6 Å². The Hall–Kier alpha value is -3.49. The van der Waals surface area contributed by atoms with Crippen molar-refractivity contribution in [1.29, 1.82) is 0 Å². The zero-order chi connectivity index (χ0) is 21.4. The molecule has 5 rings (SSSR count). The van der Waals surface area contributed by atoms with E-state index in [1.165, 1.54) is 12.1 Å². The van der Waals surface area contributed by atoms with Gasteiger partial charge in [0.15, 0.2) is 10.9 Å². The summed E-state index contributed by atoms with van der Waals surface area (Å²) >= 11 is 0. The van der Waals surface area contributed by atoms with Crippen LogP contribution in [0.3, 0.4) is 0 Å². The molecular weight excluding hydrogens is 404 g/mol. The van der Waals surface area contributed by atoms with Crippen LogP contribution in [0.15, 0.2) is 56.9 Å². The molecule has 0 saturated carbocycles. The fraction of sp³-hybridized carbons (Fsp3) is 0.0909. The van der Waals surface area contributed by atoms with Crippen LogP contribution in [0, 0.1) is 13.8 Å². The minimum Gasteiger partial charge on any atom is -0.354 e. The van der Waals surface area contributed by atoms with Gasteiger partial charge < -0.3 is 9.97 Å². The summed E-state index contributed by atoms with van der Waals surface area (Å²) in [5.41, 5.74) is 3.44. The van der Waals surface area contributed by atoms with Crippen molar-refractivity contribution in [3.8, 4) is 0 Å². The summed E-state index contributed by atoms with van der Waals surface area (Å²) in [4.78, 5) is 32.2. The molecule has 0 spiro atoms. The summed E-state index contributed by atoms with van der Waals surface area (Å²) < 4.78 is 32.2. The van der Waals surface area contributed by atoms with Crippen LogP contribution in [0.2, 0.25) is 0 Å². The number of hydrogen-bond acceptors (Lipinski definition) is 4. The molecule has 0 fully saturated rings. The minimum absolute atomic E-state index is 0.124. The molecular formula is C22H16N2O5S. The van der Waals surface area contributed by atoms with Crippen LogP contribution >= 0.6 is 0 Å². The van der Waals surface area contributed by atoms with Crippen LogP contribution in [0.5, 0.6) is 0 Å². The number of aromatic amines is 2. The first kappa shape index (κ1) is 18.5. The lowest BCUT2D eigenvalue weighted by Crippen LogP contribution is -2.09. The second-order valence-electron chi connectivity index (χ2n) is 7.54. The third-order valence-electron chi connectivity index (χ3n) is 5.43. The molecule has 8 heteroatoms. The highest BCUT2D eigenvalue weighted by molar-refractivity contribution is 7.85. The highest BCUT2D eigenvalue weighted by Gasteiger charge is 2.15. The van der Waals surface area contributed by atoms with Gasteiger partial charge in [-0.05, 0) is 61.4 Å². The number of fused-ring (bicyclic) bond motifs is 4. The lowest BCUT2D eigenvalue weighted by Gasteiger charge is -2.09. The number of pyridine rings is 2. The molecule has 150 valence electrons. The van der Waals surface area contributed by atoms with Crippen molar-refractivity contribution >= 4 is 53.7 Å². The number of benzene rings is 3. The highest BCUT2D eigenvalue weighted by atomic mass is 32.2. The topological polar surface area (TPSA) is 120 Å². The van der Waals surface area contributed by atoms with Crippen molar-refractivity contribution < 1.29 is 13.0 Å². The third kappa shape index (κ3) is 2.65. The standard InChI is InChI=1S/C22H16N2O5S/c1-10-5-11(2)20-19(6-10)24-18-8-14-17(9-15(18)22(20)26)23-16-4-3-12(30(27,28)29)7-13(16)21(14)25/h3-9H,1-2H3,(H,23,25)(H,24,26)(H,27,28,29). The Balaban J connectivity index is 1.95. The molecule has 0 radical (unpaired) electrons. The maximum atomic E-state index is 13.2. The molecule has 0 aliphatic carbocycles. The maximum absolute atomic E-state index is 13.2. The van der Waals surface area contributed by atoms with E-state index in [2.05, 4.69) is 9.97 Å². The summed E-state index contributed by atoms with van der Waals surface area (Å²) in [5.74, 6) is 0. The van der Waals surface area contributed by atoms with Crippen molar-refractivity contribution in [2.24, 2.45) is 0 Å². The van der Waals surface area contributed by atoms with E-state index in [1.54, 1.807) is 12.1 Å². The summed E-state index contributed by atoms with van der Waals surface area (Å²) in [6.07, 6.45) is 0. The lowest BCUT2D eigenvalue weighted by atomic mass is 10.0. The number of aromatic nitrogens is 2. The minimum atomic E-state index is -4.44. The molecule has 0 unspecified atom stereocenters. The molecule has 7 nitrogen and oxygen atoms in total. The van der Waals surface area contributed by atoms with E-state index in [-0.39, 0.29) is 15.7 Å². The van der Waals surface area contributed by atoms with Crippen LogP contribution < -0.4 is 10.9 Å². The first-order chi connectivity index (χ1) is 14.1. The predicted octanol–water partition coefficient (Wildman–Crippen LogP) is 3.54. The van der Waals surface area contributed by atoms with E-state index in [4.69, 9.17) is 0 Å². The summed E-state index contributed by atoms with van der Waals surface area (Å²) in [6.45, 7) is 3.83. The Kier molecular flexibility index (Phi) is 3.71. The van der Waals surface area contributed by atoms with Crippen LogP contribution in [0.25, 0.3) is 43.6 Å². The smallest absolute Gasteiger partial charge is 0.294 e. The summed E-state index contributed by atoms with van der Waals surface area (Å²) in [5, 5.41) is 1.49. The fourth-order valence-electron chi connectivity index (χ4n) is 4.10. The van der Waals surface area contributed by atoms with E-state index in [0.29, 0.717) is 38.2 Å². The lowest BCUT2D eigenvalue weighted by molar-refractivity contribution is 0.483. The Bertz CT molecular complexity index is 1780. The van der Waals surface area contributed by atoms with Crippen LogP contribution in [-0.4, -0.2) is 22.9 Å². The second-order valence-corrected chi connectivity index (χ2v) is 8.96. The van der Waals surface area contributed by atoms with E-state index < -0.39 is 15.5 Å². The van der Waals surface area contributed by atoms with Crippen LogP contribution in [0.4, 0.5) is 0 Å². The number of hydrogen-bond donors (Lipinski definition) is 3. The van der Waals surface area contributed by atoms with Gasteiger partial charge in [-0.3, -0.25) is 14.1 Å². The van der Waals surface area contributed by atoms with Gasteiger partial charge in [-0.25, -0.2) is 0 Å². The molecule has 0 aliphatic heterocycles. The Morgan fingerprint density at radius 1 is 0.733 bits per heavy atom. The molecule has 0 saturated heterocycles. The average molecular weight is 420 g/mol. The van der Waals surface area contributed by atoms with Crippen LogP contribution in [-0.2, 0) is 10.1 Å². The van der Waals surface area contributed by atoms with Gasteiger partial charge in [0.1, 0.15) is 0 Å². The van der Waals surface area contributed by atoms with Crippen molar-refractivity contribution in [2.75, 3.05) is 0 Å². The van der Waals surface area contributed by atoms with Crippen molar-refractivity contribution in [1.82, 2.24) is 9.97 Å². The van der Waals surface area contributed by atoms with Gasteiger partial charge in [-0.2, -0.15) is 8.42 Å². The Morgan fingerprint density at radius 3 is 2.00 bits per heavy atom. The number of aryl methyl sites for hydroxylation is 2. The van der Waals surface area contributed by atoms with Gasteiger partial charge in [0, 0.05) is 27.1 Å². The molecule has 0 bridgehead atoms. The zero-order valence-electron chi connectivity index (χ0n) is 16.0. The largest absolute Gasteiger partial charge is 0.354 e. The molecule has 0 aliphatic rings. The summed E-state index contributed by atoms with van der Waals surface area (Å²) in [6, 6.07) is 10.8. The third-order valence-corrected chi connectivity index (χ3v) is 6.28. The number of rotatable bonds is 1. The quantitative estimate of drug-likeness (QED) is 0.283. The number of nitrogens with one attached hydrogen (secondary N) is 2. The van der Waals surface area contributed by atoms with Gasteiger partial charge in [0.2, 0.25) is 0 Å². The van der Waals surface area contributed by atoms with Crippen molar-refractivity contribution in [3.05, 3.63) is 74.0 Å². The zero-order valence-corrected chi connectivity index (χ0v) is 16.8. The monoisotopic (exact) mass is 420 g/mol. The molecule has 3 aromatic carbocycles. The van der Waals surface area contributed by atoms with Crippen LogP contribution in [0.1, 0.15) is 11.1 Å². The van der Waals surface area contributed by atoms with Gasteiger partial charge in [0.25, 0.3) is 10.1 Å². The van der Waals surface area contributed by atoms with Gasteiger partial charge in [0.05, 0.1) is 21.4 Å². The average Bonchev–Trinajstić information content (AvgIpc) is 2.66. The first-order valence-corrected chi connectivity index (χ1v) is 10.6. The molecule has 2 heterocycles. The molecule has 30 heavy (non-hydrogen) atoms. The van der Waals surface area contributed by atoms with Gasteiger partial charge >= 0.3 is 0 Å². The molecule has 2 aromatic heterocycles. The first-order valence-electron chi connectivity index (χ1n) is 9.18. The maximum Gasteiger partial charge on any atom is 0.294 e. The normalized spacial score (nSPS) is 12.4. The van der Waals surface area contributed by atoms with Gasteiger partial charge in [-0.1, -0.05) is 6.07 Å². The molecule has 3 N–H and O–H groups in total. The van der Waals surface area contributed by atoms with E-state index in [1.807, 2.05) is 26.0 Å². The fourth-order valence-corrected chi connectivity index (χ4v) is 4.61. The summed E-state index contributed by atoms with van der Waals surface area (Å²) in [7, 11) is -4.44. The highest BCUT2D eigenvalue weighted by Crippen LogP contribution is 2.24. The van der Waals surface area contributed by atoms with E-state index >= 15 is 0 Å². The SMILES string of the molecule is Cc1cc(C)c2c(=O)c3cc4[nH]c5ccc(S(=O)(=O)O)cc5c(=O)c4cc3[nH]c2c1. The second kappa shape index (κ2) is 6.01. The van der Waals surface area contributed by atoms with E-state index in [0.717, 1.165) is 17.2 Å². The Labute approximate surface area is 169 Å². The predicted molar refractivity (Wildman–Crippen MR) is 117 cm³/mol. The molecule has 0 atom stereocenters. The molecule has 0 amide bonds. The Morgan fingerprint density at radius 2 is 1.33 bits per heavy atom. The number of H-pyrrole nitrogens is 2.